The first kappa shape index (κ1) is 16.1. The number of benzene rings is 1. The van der Waals surface area contributed by atoms with Crippen molar-refractivity contribution < 1.29 is 13.6 Å². The van der Waals surface area contributed by atoms with Crippen LogP contribution in [0.25, 0.3) is 0 Å². The maximum atomic E-state index is 14.3. The van der Waals surface area contributed by atoms with Gasteiger partial charge in [0.25, 0.3) is 0 Å². The van der Waals surface area contributed by atoms with Gasteiger partial charge in [0, 0.05) is 35.7 Å². The molecule has 1 aliphatic rings. The molecule has 0 N–H and O–H groups in total. The van der Waals surface area contributed by atoms with Crippen molar-refractivity contribution >= 4 is 17.5 Å². The number of hydrogen-bond acceptors (Lipinski definition) is 2. The Morgan fingerprint density at radius 3 is 2.87 bits per heavy atom. The van der Waals surface area contributed by atoms with Crippen LogP contribution in [-0.4, -0.2) is 17.4 Å². The Morgan fingerprint density at radius 2 is 2.13 bits per heavy atom. The van der Waals surface area contributed by atoms with Crippen LogP contribution >= 0.6 is 11.6 Å². The van der Waals surface area contributed by atoms with E-state index in [1.807, 2.05) is 6.07 Å². The number of rotatable bonds is 2. The predicted octanol–water partition coefficient (Wildman–Crippen LogP) is 4.32. The largest absolute Gasteiger partial charge is 0.469 e. The zero-order valence-corrected chi connectivity index (χ0v) is 14.0. The molecular formula is C18H19ClFNO2. The smallest absolute Gasteiger partial charge is 0.233 e. The van der Waals surface area contributed by atoms with Crippen molar-refractivity contribution in [3.05, 3.63) is 58.3 Å². The van der Waals surface area contributed by atoms with Gasteiger partial charge in [0.05, 0.1) is 11.7 Å². The van der Waals surface area contributed by atoms with Gasteiger partial charge in [0.2, 0.25) is 5.91 Å². The molecule has 2 heterocycles. The first-order valence-electron chi connectivity index (χ1n) is 7.70. The molecule has 1 aliphatic heterocycles. The van der Waals surface area contributed by atoms with Gasteiger partial charge in [-0.3, -0.25) is 4.79 Å². The van der Waals surface area contributed by atoms with Crippen LogP contribution in [0.5, 0.6) is 0 Å². The van der Waals surface area contributed by atoms with E-state index < -0.39 is 11.2 Å². The van der Waals surface area contributed by atoms with Gasteiger partial charge in [0.15, 0.2) is 0 Å². The van der Waals surface area contributed by atoms with E-state index >= 15 is 0 Å². The molecule has 1 aromatic carbocycles. The van der Waals surface area contributed by atoms with Crippen molar-refractivity contribution in [2.75, 3.05) is 6.54 Å². The zero-order valence-electron chi connectivity index (χ0n) is 13.2. The van der Waals surface area contributed by atoms with E-state index in [9.17, 15) is 9.18 Å². The van der Waals surface area contributed by atoms with E-state index in [2.05, 4.69) is 0 Å². The molecule has 0 unspecified atom stereocenters. The van der Waals surface area contributed by atoms with Crippen LogP contribution in [0.4, 0.5) is 4.39 Å². The summed E-state index contributed by atoms with van der Waals surface area (Å²) in [6.07, 6.45) is 3.32. The summed E-state index contributed by atoms with van der Waals surface area (Å²) in [7, 11) is 0. The fraction of sp³-hybridized carbons (Fsp3) is 0.389. The maximum Gasteiger partial charge on any atom is 0.233 e. The summed E-state index contributed by atoms with van der Waals surface area (Å²) in [6, 6.07) is 6.36. The molecule has 0 fully saturated rings. The molecule has 122 valence electrons. The SMILES string of the molecule is CC(C)(C(=O)N1CCCc2occc2C1)c1ccc(Cl)cc1F. The van der Waals surface area contributed by atoms with Crippen LogP contribution in [0.1, 0.15) is 37.2 Å². The number of amides is 1. The van der Waals surface area contributed by atoms with Gasteiger partial charge in [-0.1, -0.05) is 17.7 Å². The third kappa shape index (κ3) is 3.00. The number of fused-ring (bicyclic) bond motifs is 1. The lowest BCUT2D eigenvalue weighted by molar-refractivity contribution is -0.137. The number of hydrogen-bond donors (Lipinski definition) is 0. The molecule has 0 atom stereocenters. The molecule has 0 bridgehead atoms. The van der Waals surface area contributed by atoms with Crippen molar-refractivity contribution in [2.45, 2.75) is 38.6 Å². The molecule has 1 amide bonds. The van der Waals surface area contributed by atoms with Crippen LogP contribution in [0.2, 0.25) is 5.02 Å². The van der Waals surface area contributed by atoms with E-state index in [4.69, 9.17) is 16.0 Å². The first-order chi connectivity index (χ1) is 10.9. The summed E-state index contributed by atoms with van der Waals surface area (Å²) in [4.78, 5) is 14.8. The first-order valence-corrected chi connectivity index (χ1v) is 8.07. The number of carbonyl (C=O) groups excluding carboxylic acids is 1. The van der Waals surface area contributed by atoms with E-state index in [1.165, 1.54) is 6.07 Å². The molecule has 3 rings (SSSR count). The molecule has 0 saturated heterocycles. The minimum atomic E-state index is -0.955. The lowest BCUT2D eigenvalue weighted by Crippen LogP contribution is -2.43. The Hall–Kier alpha value is -1.81. The Bertz CT molecular complexity index is 738. The van der Waals surface area contributed by atoms with Gasteiger partial charge >= 0.3 is 0 Å². The van der Waals surface area contributed by atoms with Crippen LogP contribution in [0.3, 0.4) is 0 Å². The van der Waals surface area contributed by atoms with Gasteiger partial charge < -0.3 is 9.32 Å². The maximum absolute atomic E-state index is 14.3. The van der Waals surface area contributed by atoms with E-state index in [-0.39, 0.29) is 5.91 Å². The third-order valence-corrected chi connectivity index (χ3v) is 4.69. The van der Waals surface area contributed by atoms with Crippen LogP contribution < -0.4 is 0 Å². The topological polar surface area (TPSA) is 33.5 Å². The molecular weight excluding hydrogens is 317 g/mol. The molecule has 2 aromatic rings. The van der Waals surface area contributed by atoms with E-state index in [1.54, 1.807) is 37.1 Å². The molecule has 0 radical (unpaired) electrons. The molecule has 23 heavy (non-hydrogen) atoms. The average molecular weight is 336 g/mol. The lowest BCUT2D eigenvalue weighted by atomic mass is 9.82. The zero-order chi connectivity index (χ0) is 16.6. The normalized spacial score (nSPS) is 15.2. The summed E-state index contributed by atoms with van der Waals surface area (Å²) >= 11 is 5.81. The lowest BCUT2D eigenvalue weighted by Gasteiger charge is -2.32. The van der Waals surface area contributed by atoms with Crippen molar-refractivity contribution in [1.82, 2.24) is 4.90 Å². The van der Waals surface area contributed by atoms with Crippen molar-refractivity contribution in [1.29, 1.82) is 0 Å². The standard InChI is InChI=1S/C18H19ClFNO2/c1-18(2,14-6-5-13(19)10-15(14)20)17(22)21-8-3-4-16-12(11-21)7-9-23-16/h5-7,9-10H,3-4,8,11H2,1-2H3. The quantitative estimate of drug-likeness (QED) is 0.818. The van der Waals surface area contributed by atoms with E-state index in [0.717, 1.165) is 24.2 Å². The Kier molecular flexibility index (Phi) is 4.19. The highest BCUT2D eigenvalue weighted by Gasteiger charge is 2.36. The van der Waals surface area contributed by atoms with Crippen LogP contribution in [0, 0.1) is 5.82 Å². The van der Waals surface area contributed by atoms with E-state index in [0.29, 0.717) is 23.7 Å². The second-order valence-electron chi connectivity index (χ2n) is 6.45. The summed E-state index contributed by atoms with van der Waals surface area (Å²) < 4.78 is 19.7. The molecule has 3 nitrogen and oxygen atoms in total. The van der Waals surface area contributed by atoms with Crippen molar-refractivity contribution in [3.63, 3.8) is 0 Å². The number of nitrogens with zero attached hydrogens (tertiary/aromatic N) is 1. The minimum absolute atomic E-state index is 0.0900. The highest BCUT2D eigenvalue weighted by molar-refractivity contribution is 6.30. The molecule has 0 aliphatic carbocycles. The minimum Gasteiger partial charge on any atom is -0.469 e. The highest BCUT2D eigenvalue weighted by atomic mass is 35.5. The number of halogens is 2. The molecule has 5 heteroatoms. The highest BCUT2D eigenvalue weighted by Crippen LogP contribution is 2.31. The summed E-state index contributed by atoms with van der Waals surface area (Å²) in [6.45, 7) is 4.65. The number of furan rings is 1. The third-order valence-electron chi connectivity index (χ3n) is 4.46. The fourth-order valence-corrected chi connectivity index (χ4v) is 3.28. The Labute approximate surface area is 140 Å². The number of aryl methyl sites for hydroxylation is 1. The van der Waals surface area contributed by atoms with Gasteiger partial charge in [-0.25, -0.2) is 4.39 Å². The predicted molar refractivity (Wildman–Crippen MR) is 86.9 cm³/mol. The second kappa shape index (κ2) is 6.00. The average Bonchev–Trinajstić information content (AvgIpc) is 2.83. The monoisotopic (exact) mass is 335 g/mol. The Morgan fingerprint density at radius 1 is 1.35 bits per heavy atom. The number of carbonyl (C=O) groups is 1. The van der Waals surface area contributed by atoms with Crippen molar-refractivity contribution in [2.24, 2.45) is 0 Å². The Balaban J connectivity index is 1.89. The molecule has 1 aromatic heterocycles. The summed E-state index contributed by atoms with van der Waals surface area (Å²) in [5, 5.41) is 0.326. The van der Waals surface area contributed by atoms with Crippen molar-refractivity contribution in [3.8, 4) is 0 Å². The summed E-state index contributed by atoms with van der Waals surface area (Å²) in [5.41, 5.74) is 0.440. The summed E-state index contributed by atoms with van der Waals surface area (Å²) in [5.74, 6) is 0.401. The van der Waals surface area contributed by atoms with Crippen LogP contribution in [-0.2, 0) is 23.2 Å². The van der Waals surface area contributed by atoms with Gasteiger partial charge in [0.1, 0.15) is 11.6 Å². The van der Waals surface area contributed by atoms with Gasteiger partial charge in [-0.05, 0) is 38.5 Å². The second-order valence-corrected chi connectivity index (χ2v) is 6.88. The van der Waals surface area contributed by atoms with Crippen LogP contribution in [0.15, 0.2) is 34.9 Å². The van der Waals surface area contributed by atoms with Gasteiger partial charge in [-0.2, -0.15) is 0 Å². The molecule has 0 saturated carbocycles. The fourth-order valence-electron chi connectivity index (χ4n) is 3.12. The van der Waals surface area contributed by atoms with Gasteiger partial charge in [-0.15, -0.1) is 0 Å². The molecule has 0 spiro atoms.